The molecule has 0 rings (SSSR count). The monoisotopic (exact) mass is 224 g/mol. The van der Waals surface area contributed by atoms with Gasteiger partial charge in [0.1, 0.15) is 0 Å². The molecule has 3 heteroatoms. The van der Waals surface area contributed by atoms with Crippen LogP contribution in [0.5, 0.6) is 0 Å². The third kappa shape index (κ3) is 5.10. The number of primary amides is 1. The molecule has 0 heterocycles. The first kappa shape index (κ1) is 14.9. The fraction of sp³-hybridized carbons (Fsp3) is 0.692. The van der Waals surface area contributed by atoms with Crippen molar-refractivity contribution < 1.29 is 4.79 Å². The highest BCUT2D eigenvalue weighted by atomic mass is 16.1. The van der Waals surface area contributed by atoms with Gasteiger partial charge in [-0.05, 0) is 19.3 Å². The molecule has 0 aliphatic rings. The number of aliphatic imine (C=N–C) groups is 1. The van der Waals surface area contributed by atoms with Gasteiger partial charge in [0, 0.05) is 5.71 Å². The standard InChI is InChI=1S/C13H24N2O/c1-5-8-9-11(6-2)15-12(7-3)10(4)13(14)16/h11H,4-9H2,1-3H3,(H2,14,16). The Morgan fingerprint density at radius 3 is 2.38 bits per heavy atom. The third-order valence-corrected chi connectivity index (χ3v) is 2.68. The summed E-state index contributed by atoms with van der Waals surface area (Å²) >= 11 is 0. The van der Waals surface area contributed by atoms with Crippen LogP contribution in [0.2, 0.25) is 0 Å². The average molecular weight is 224 g/mol. The van der Waals surface area contributed by atoms with Gasteiger partial charge in [0.2, 0.25) is 5.91 Å². The maximum absolute atomic E-state index is 11.0. The van der Waals surface area contributed by atoms with Gasteiger partial charge in [0.15, 0.2) is 0 Å². The van der Waals surface area contributed by atoms with E-state index in [9.17, 15) is 4.79 Å². The molecule has 0 bridgehead atoms. The van der Waals surface area contributed by atoms with E-state index in [1.165, 1.54) is 12.8 Å². The number of rotatable bonds is 8. The predicted molar refractivity (Wildman–Crippen MR) is 69.7 cm³/mol. The lowest BCUT2D eigenvalue weighted by molar-refractivity contribution is -0.114. The van der Waals surface area contributed by atoms with Crippen molar-refractivity contribution in [2.75, 3.05) is 0 Å². The smallest absolute Gasteiger partial charge is 0.249 e. The lowest BCUT2D eigenvalue weighted by atomic mass is 10.1. The van der Waals surface area contributed by atoms with E-state index in [2.05, 4.69) is 25.4 Å². The summed E-state index contributed by atoms with van der Waals surface area (Å²) < 4.78 is 0. The minimum Gasteiger partial charge on any atom is -0.366 e. The molecule has 2 N–H and O–H groups in total. The zero-order valence-electron chi connectivity index (χ0n) is 10.8. The number of carbonyl (C=O) groups is 1. The molecule has 0 aromatic carbocycles. The summed E-state index contributed by atoms with van der Waals surface area (Å²) in [5.41, 5.74) is 6.33. The Balaban J connectivity index is 4.63. The van der Waals surface area contributed by atoms with Crippen LogP contribution in [0.3, 0.4) is 0 Å². The van der Waals surface area contributed by atoms with Gasteiger partial charge in [-0.1, -0.05) is 40.2 Å². The van der Waals surface area contributed by atoms with Crippen LogP contribution in [0.4, 0.5) is 0 Å². The Hall–Kier alpha value is -1.12. The number of hydrogen-bond donors (Lipinski definition) is 1. The lowest BCUT2D eigenvalue weighted by Crippen LogP contribution is -2.21. The molecule has 1 atom stereocenters. The van der Waals surface area contributed by atoms with E-state index in [0.29, 0.717) is 18.0 Å². The maximum atomic E-state index is 11.0. The summed E-state index contributed by atoms with van der Waals surface area (Å²) in [5.74, 6) is -0.467. The van der Waals surface area contributed by atoms with Gasteiger partial charge in [-0.2, -0.15) is 0 Å². The third-order valence-electron chi connectivity index (χ3n) is 2.68. The first-order valence-electron chi connectivity index (χ1n) is 6.12. The molecule has 0 radical (unpaired) electrons. The topological polar surface area (TPSA) is 55.5 Å². The van der Waals surface area contributed by atoms with Crippen molar-refractivity contribution >= 4 is 11.6 Å². The number of amides is 1. The van der Waals surface area contributed by atoms with Crippen molar-refractivity contribution in [2.45, 2.75) is 58.9 Å². The molecule has 1 unspecified atom stereocenters. The SMILES string of the molecule is C=C(C(N)=O)C(CC)=NC(CC)CCCC. The molecule has 0 saturated heterocycles. The second-order valence-corrected chi connectivity index (χ2v) is 3.98. The lowest BCUT2D eigenvalue weighted by Gasteiger charge is -2.12. The molecule has 0 aliphatic carbocycles. The fourth-order valence-corrected chi connectivity index (χ4v) is 1.54. The number of unbranched alkanes of at least 4 members (excludes halogenated alkanes) is 1. The van der Waals surface area contributed by atoms with E-state index >= 15 is 0 Å². The van der Waals surface area contributed by atoms with Gasteiger partial charge in [-0.25, -0.2) is 0 Å². The van der Waals surface area contributed by atoms with Crippen molar-refractivity contribution in [1.82, 2.24) is 0 Å². The molecule has 0 aliphatic heterocycles. The summed E-state index contributed by atoms with van der Waals surface area (Å²) in [4.78, 5) is 15.6. The first-order chi connectivity index (χ1) is 7.56. The molecule has 92 valence electrons. The van der Waals surface area contributed by atoms with Crippen LogP contribution >= 0.6 is 0 Å². The zero-order valence-corrected chi connectivity index (χ0v) is 10.8. The van der Waals surface area contributed by atoms with E-state index in [1.807, 2.05) is 6.92 Å². The molecule has 0 aromatic heterocycles. The normalized spacial score (nSPS) is 13.6. The number of nitrogens with two attached hydrogens (primary N) is 1. The summed E-state index contributed by atoms with van der Waals surface area (Å²) in [6.07, 6.45) is 5.12. The quantitative estimate of drug-likeness (QED) is 0.500. The summed E-state index contributed by atoms with van der Waals surface area (Å²) in [6.45, 7) is 9.94. The van der Waals surface area contributed by atoms with Crippen LogP contribution < -0.4 is 5.73 Å². The highest BCUT2D eigenvalue weighted by molar-refractivity contribution is 6.20. The van der Waals surface area contributed by atoms with Crippen LogP contribution in [0.1, 0.15) is 52.9 Å². The van der Waals surface area contributed by atoms with E-state index in [1.54, 1.807) is 0 Å². The van der Waals surface area contributed by atoms with Crippen LogP contribution in [0.15, 0.2) is 17.1 Å². The second-order valence-electron chi connectivity index (χ2n) is 3.98. The van der Waals surface area contributed by atoms with Gasteiger partial charge in [-0.15, -0.1) is 0 Å². The number of nitrogens with zero attached hydrogens (tertiary/aromatic N) is 1. The maximum Gasteiger partial charge on any atom is 0.249 e. The Labute approximate surface area is 98.8 Å². The Morgan fingerprint density at radius 2 is 2.00 bits per heavy atom. The minimum atomic E-state index is -0.467. The molecule has 0 spiro atoms. The largest absolute Gasteiger partial charge is 0.366 e. The summed E-state index contributed by atoms with van der Waals surface area (Å²) in [7, 11) is 0. The predicted octanol–water partition coefficient (Wildman–Crippen LogP) is 2.85. The Bertz CT molecular complexity index is 269. The molecule has 3 nitrogen and oxygen atoms in total. The van der Waals surface area contributed by atoms with Crippen molar-refractivity contribution in [3.8, 4) is 0 Å². The highest BCUT2D eigenvalue weighted by Crippen LogP contribution is 2.11. The van der Waals surface area contributed by atoms with E-state index in [-0.39, 0.29) is 0 Å². The number of hydrogen-bond acceptors (Lipinski definition) is 2. The molecule has 16 heavy (non-hydrogen) atoms. The molecule has 0 saturated carbocycles. The highest BCUT2D eigenvalue weighted by Gasteiger charge is 2.11. The average Bonchev–Trinajstić information content (AvgIpc) is 2.28. The van der Waals surface area contributed by atoms with E-state index < -0.39 is 5.91 Å². The van der Waals surface area contributed by atoms with E-state index in [4.69, 9.17) is 5.73 Å². The molecule has 1 amide bonds. The number of carbonyl (C=O) groups excluding carboxylic acids is 1. The van der Waals surface area contributed by atoms with Gasteiger partial charge < -0.3 is 5.73 Å². The van der Waals surface area contributed by atoms with Gasteiger partial charge in [-0.3, -0.25) is 9.79 Å². The molecule has 0 aromatic rings. The zero-order chi connectivity index (χ0) is 12.6. The Morgan fingerprint density at radius 1 is 1.38 bits per heavy atom. The minimum absolute atomic E-state index is 0.297. The van der Waals surface area contributed by atoms with Crippen LogP contribution in [0, 0.1) is 0 Å². The molecular weight excluding hydrogens is 200 g/mol. The van der Waals surface area contributed by atoms with Crippen molar-refractivity contribution in [3.63, 3.8) is 0 Å². The van der Waals surface area contributed by atoms with Crippen molar-refractivity contribution in [2.24, 2.45) is 10.7 Å². The Kier molecular flexibility index (Phi) is 7.52. The molecular formula is C13H24N2O. The van der Waals surface area contributed by atoms with Crippen LogP contribution in [0.25, 0.3) is 0 Å². The second kappa shape index (κ2) is 8.08. The molecule has 0 fully saturated rings. The fourth-order valence-electron chi connectivity index (χ4n) is 1.54. The van der Waals surface area contributed by atoms with Crippen molar-refractivity contribution in [1.29, 1.82) is 0 Å². The summed E-state index contributed by atoms with van der Waals surface area (Å²) in [5, 5.41) is 0. The van der Waals surface area contributed by atoms with Gasteiger partial charge >= 0.3 is 0 Å². The van der Waals surface area contributed by atoms with Crippen LogP contribution in [-0.2, 0) is 4.79 Å². The van der Waals surface area contributed by atoms with E-state index in [0.717, 1.165) is 18.6 Å². The summed E-state index contributed by atoms with van der Waals surface area (Å²) in [6, 6.07) is 0.297. The van der Waals surface area contributed by atoms with Crippen molar-refractivity contribution in [3.05, 3.63) is 12.2 Å². The first-order valence-corrected chi connectivity index (χ1v) is 6.12. The van der Waals surface area contributed by atoms with Crippen LogP contribution in [-0.4, -0.2) is 17.7 Å². The van der Waals surface area contributed by atoms with Gasteiger partial charge in [0.05, 0.1) is 11.6 Å². The van der Waals surface area contributed by atoms with Gasteiger partial charge in [0.25, 0.3) is 0 Å².